The third-order valence-corrected chi connectivity index (χ3v) is 6.10. The molecule has 0 amide bonds. The molecule has 3 nitrogen and oxygen atoms in total. The normalized spacial score (nSPS) is 37.7. The lowest BCUT2D eigenvalue weighted by atomic mass is 9.73. The molecule has 3 aliphatic rings. The van der Waals surface area contributed by atoms with E-state index < -0.39 is 0 Å². The lowest BCUT2D eigenvalue weighted by Crippen LogP contribution is -2.58. The average Bonchev–Trinajstić information content (AvgIpc) is 2.93. The zero-order valence-electron chi connectivity index (χ0n) is 14.0. The molecule has 0 aromatic rings. The Morgan fingerprint density at radius 3 is 2.48 bits per heavy atom. The summed E-state index contributed by atoms with van der Waals surface area (Å²) in [5.41, 5.74) is 0.234. The number of likely N-dealkylation sites (N-methyl/N-ethyl adjacent to an activating group) is 1. The number of hydrogen-bond acceptors (Lipinski definition) is 3. The van der Waals surface area contributed by atoms with E-state index in [1.807, 2.05) is 0 Å². The molecule has 1 aliphatic carbocycles. The maximum atomic E-state index is 6.28. The topological polar surface area (TPSA) is 30.5 Å². The van der Waals surface area contributed by atoms with E-state index in [1.165, 1.54) is 57.8 Å². The Balaban J connectivity index is 1.73. The molecule has 1 N–H and O–H groups in total. The maximum absolute atomic E-state index is 6.28. The van der Waals surface area contributed by atoms with Gasteiger partial charge < -0.3 is 14.8 Å². The van der Waals surface area contributed by atoms with Gasteiger partial charge in [0.1, 0.15) is 0 Å². The van der Waals surface area contributed by atoms with Gasteiger partial charge >= 0.3 is 0 Å². The van der Waals surface area contributed by atoms with Gasteiger partial charge in [-0.1, -0.05) is 19.8 Å². The lowest BCUT2D eigenvalue weighted by Gasteiger charge is -2.48. The van der Waals surface area contributed by atoms with Crippen LogP contribution in [0.15, 0.2) is 0 Å². The van der Waals surface area contributed by atoms with Crippen LogP contribution < -0.4 is 5.32 Å². The molecule has 3 fully saturated rings. The van der Waals surface area contributed by atoms with E-state index in [9.17, 15) is 0 Å². The lowest BCUT2D eigenvalue weighted by molar-refractivity contribution is -0.139. The Labute approximate surface area is 130 Å². The monoisotopic (exact) mass is 295 g/mol. The number of nitrogens with one attached hydrogen (secondary N) is 1. The molecule has 0 radical (unpaired) electrons. The summed E-state index contributed by atoms with van der Waals surface area (Å²) in [6, 6.07) is 0.490. The first-order valence-corrected chi connectivity index (χ1v) is 9.19. The smallest absolute Gasteiger partial charge is 0.0809 e. The van der Waals surface area contributed by atoms with Crippen LogP contribution in [0.5, 0.6) is 0 Å². The zero-order chi connectivity index (χ0) is 14.8. The summed E-state index contributed by atoms with van der Waals surface area (Å²) in [5, 5.41) is 3.79. The van der Waals surface area contributed by atoms with Crippen molar-refractivity contribution in [3.8, 4) is 0 Å². The zero-order valence-corrected chi connectivity index (χ0v) is 14.0. The van der Waals surface area contributed by atoms with Gasteiger partial charge in [-0.15, -0.1) is 0 Å². The molecule has 2 saturated heterocycles. The summed E-state index contributed by atoms with van der Waals surface area (Å²) in [7, 11) is 0. The summed E-state index contributed by atoms with van der Waals surface area (Å²) in [6.07, 6.45) is 11.4. The van der Waals surface area contributed by atoms with Crippen molar-refractivity contribution in [2.75, 3.05) is 19.8 Å². The Bertz CT molecular complexity index is 332. The van der Waals surface area contributed by atoms with Crippen LogP contribution >= 0.6 is 0 Å². The Morgan fingerprint density at radius 1 is 1.05 bits per heavy atom. The van der Waals surface area contributed by atoms with Crippen molar-refractivity contribution >= 4 is 0 Å². The van der Waals surface area contributed by atoms with Crippen LogP contribution in [0.1, 0.15) is 71.6 Å². The van der Waals surface area contributed by atoms with E-state index in [0.717, 1.165) is 19.8 Å². The van der Waals surface area contributed by atoms with Gasteiger partial charge in [-0.05, 0) is 64.3 Å². The van der Waals surface area contributed by atoms with Gasteiger partial charge in [-0.3, -0.25) is 0 Å². The number of hydrogen-bond donors (Lipinski definition) is 1. The largest absolute Gasteiger partial charge is 0.375 e. The van der Waals surface area contributed by atoms with Crippen molar-refractivity contribution in [2.24, 2.45) is 5.92 Å². The van der Waals surface area contributed by atoms with Crippen LogP contribution in [0, 0.1) is 5.92 Å². The van der Waals surface area contributed by atoms with Crippen molar-refractivity contribution < 1.29 is 9.47 Å². The van der Waals surface area contributed by atoms with E-state index in [0.29, 0.717) is 12.0 Å². The molecule has 3 unspecified atom stereocenters. The van der Waals surface area contributed by atoms with E-state index in [-0.39, 0.29) is 11.2 Å². The van der Waals surface area contributed by atoms with Gasteiger partial charge in [0, 0.05) is 19.3 Å². The van der Waals surface area contributed by atoms with Gasteiger partial charge in [-0.2, -0.15) is 0 Å². The molecule has 1 saturated carbocycles. The van der Waals surface area contributed by atoms with Crippen molar-refractivity contribution in [1.82, 2.24) is 5.32 Å². The van der Waals surface area contributed by atoms with Crippen molar-refractivity contribution in [1.29, 1.82) is 0 Å². The second-order valence-electron chi connectivity index (χ2n) is 7.65. The van der Waals surface area contributed by atoms with Crippen molar-refractivity contribution in [3.05, 3.63) is 0 Å². The van der Waals surface area contributed by atoms with Gasteiger partial charge in [0.2, 0.25) is 0 Å². The molecule has 3 rings (SSSR count). The minimum Gasteiger partial charge on any atom is -0.375 e. The summed E-state index contributed by atoms with van der Waals surface area (Å²) in [4.78, 5) is 0. The molecule has 1 spiro atoms. The molecule has 0 aromatic heterocycles. The SMILES string of the molecule is CCNC(C1CCOC2(CCCC2)C1)C1(C)CCCCO1. The second-order valence-corrected chi connectivity index (χ2v) is 7.65. The highest BCUT2D eigenvalue weighted by molar-refractivity contribution is 5.01. The van der Waals surface area contributed by atoms with Gasteiger partial charge in [-0.25, -0.2) is 0 Å². The summed E-state index contributed by atoms with van der Waals surface area (Å²) >= 11 is 0. The average molecular weight is 295 g/mol. The fourth-order valence-electron chi connectivity index (χ4n) is 5.02. The van der Waals surface area contributed by atoms with Crippen LogP contribution in [0.3, 0.4) is 0 Å². The maximum Gasteiger partial charge on any atom is 0.0809 e. The Kier molecular flexibility index (Phi) is 4.92. The number of rotatable bonds is 4. The summed E-state index contributed by atoms with van der Waals surface area (Å²) in [6.45, 7) is 7.49. The fraction of sp³-hybridized carbons (Fsp3) is 1.00. The van der Waals surface area contributed by atoms with E-state index in [1.54, 1.807) is 0 Å². The summed E-state index contributed by atoms with van der Waals surface area (Å²) in [5.74, 6) is 0.708. The van der Waals surface area contributed by atoms with Crippen LogP contribution in [0.25, 0.3) is 0 Å². The third kappa shape index (κ3) is 3.30. The van der Waals surface area contributed by atoms with Crippen LogP contribution in [0.2, 0.25) is 0 Å². The molecule has 2 heterocycles. The van der Waals surface area contributed by atoms with Crippen molar-refractivity contribution in [3.63, 3.8) is 0 Å². The quantitative estimate of drug-likeness (QED) is 0.858. The Morgan fingerprint density at radius 2 is 1.81 bits per heavy atom. The van der Waals surface area contributed by atoms with Gasteiger partial charge in [0.25, 0.3) is 0 Å². The summed E-state index contributed by atoms with van der Waals surface area (Å²) < 4.78 is 12.5. The Hall–Kier alpha value is -0.120. The molecule has 0 aromatic carbocycles. The highest BCUT2D eigenvalue weighted by Crippen LogP contribution is 2.45. The van der Waals surface area contributed by atoms with E-state index >= 15 is 0 Å². The second kappa shape index (κ2) is 6.55. The predicted molar refractivity (Wildman–Crippen MR) is 85.5 cm³/mol. The highest BCUT2D eigenvalue weighted by atomic mass is 16.5. The molecule has 3 heteroatoms. The van der Waals surface area contributed by atoms with Gasteiger partial charge in [0.15, 0.2) is 0 Å². The minimum atomic E-state index is 0.0239. The van der Waals surface area contributed by atoms with Crippen molar-refractivity contribution in [2.45, 2.75) is 88.9 Å². The first kappa shape index (κ1) is 15.8. The highest BCUT2D eigenvalue weighted by Gasteiger charge is 2.47. The molecule has 3 atom stereocenters. The third-order valence-electron chi connectivity index (χ3n) is 6.10. The number of ether oxygens (including phenoxy) is 2. The van der Waals surface area contributed by atoms with Crippen LogP contribution in [0.4, 0.5) is 0 Å². The fourth-order valence-corrected chi connectivity index (χ4v) is 5.02. The first-order chi connectivity index (χ1) is 10.2. The standard InChI is InChI=1S/C18H33NO2/c1-3-19-16(17(2)9-6-7-12-20-17)15-8-13-21-18(14-15)10-4-5-11-18/h15-16,19H,3-14H2,1-2H3. The predicted octanol–water partition coefficient (Wildman–Crippen LogP) is 3.66. The molecular weight excluding hydrogens is 262 g/mol. The van der Waals surface area contributed by atoms with Gasteiger partial charge in [0.05, 0.1) is 11.2 Å². The van der Waals surface area contributed by atoms with Crippen LogP contribution in [-0.2, 0) is 9.47 Å². The van der Waals surface area contributed by atoms with E-state index in [2.05, 4.69) is 19.2 Å². The minimum absolute atomic E-state index is 0.0239. The van der Waals surface area contributed by atoms with Crippen LogP contribution in [-0.4, -0.2) is 37.0 Å². The molecule has 2 aliphatic heterocycles. The molecular formula is C18H33NO2. The molecule has 21 heavy (non-hydrogen) atoms. The molecule has 122 valence electrons. The van der Waals surface area contributed by atoms with E-state index in [4.69, 9.17) is 9.47 Å². The first-order valence-electron chi connectivity index (χ1n) is 9.19. The molecule has 0 bridgehead atoms.